The summed E-state index contributed by atoms with van der Waals surface area (Å²) >= 11 is 0. The van der Waals surface area contributed by atoms with Gasteiger partial charge in [-0.3, -0.25) is 0 Å². The van der Waals surface area contributed by atoms with Gasteiger partial charge in [-0.25, -0.2) is 14.4 Å². The molecule has 0 spiro atoms. The van der Waals surface area contributed by atoms with Gasteiger partial charge >= 0.3 is 0 Å². The van der Waals surface area contributed by atoms with Crippen LogP contribution < -0.4 is 10.5 Å². The summed E-state index contributed by atoms with van der Waals surface area (Å²) in [6, 6.07) is 8.12. The summed E-state index contributed by atoms with van der Waals surface area (Å²) < 4.78 is 20.0. The minimum atomic E-state index is -0.326. The van der Waals surface area contributed by atoms with Crippen molar-refractivity contribution in [2.75, 3.05) is 12.8 Å². The lowest BCUT2D eigenvalue weighted by Crippen LogP contribution is -2.05. The number of pyridine rings is 1. The maximum atomic E-state index is 13.2. The molecular weight excluding hydrogens is 259 g/mol. The second-order valence-corrected chi connectivity index (χ2v) is 4.40. The van der Waals surface area contributed by atoms with Crippen molar-refractivity contribution >= 4 is 17.0 Å². The third kappa shape index (κ3) is 2.16. The summed E-state index contributed by atoms with van der Waals surface area (Å²) in [5.41, 5.74) is 8.19. The highest BCUT2D eigenvalue weighted by atomic mass is 19.1. The Labute approximate surface area is 114 Å². The Morgan fingerprint density at radius 2 is 2.15 bits per heavy atom. The van der Waals surface area contributed by atoms with Crippen molar-refractivity contribution in [2.45, 2.75) is 6.54 Å². The van der Waals surface area contributed by atoms with Gasteiger partial charge in [-0.05, 0) is 17.7 Å². The highest BCUT2D eigenvalue weighted by Gasteiger charge is 2.09. The van der Waals surface area contributed by atoms with Crippen molar-refractivity contribution in [3.8, 4) is 5.88 Å². The van der Waals surface area contributed by atoms with Crippen LogP contribution in [-0.2, 0) is 6.54 Å². The molecule has 6 heteroatoms. The fraction of sp³-hybridized carbons (Fsp3) is 0.143. The standard InChI is InChI=1S/C14H13FN4O/c1-20-13-5-2-9(7-17-13)8-19-12-4-3-10(15)6-11(12)18-14(19)16/h2-7H,8H2,1H3,(H2,16,18). The molecule has 102 valence electrons. The molecule has 0 radical (unpaired) electrons. The summed E-state index contributed by atoms with van der Waals surface area (Å²) in [4.78, 5) is 8.30. The summed E-state index contributed by atoms with van der Waals surface area (Å²) in [6.07, 6.45) is 1.72. The van der Waals surface area contributed by atoms with Crippen molar-refractivity contribution in [1.82, 2.24) is 14.5 Å². The van der Waals surface area contributed by atoms with Crippen LogP contribution in [0.4, 0.5) is 10.3 Å². The highest BCUT2D eigenvalue weighted by molar-refractivity contribution is 5.78. The zero-order chi connectivity index (χ0) is 14.1. The first-order valence-corrected chi connectivity index (χ1v) is 6.07. The number of imidazole rings is 1. The minimum Gasteiger partial charge on any atom is -0.481 e. The largest absolute Gasteiger partial charge is 0.481 e. The number of rotatable bonds is 3. The molecule has 0 atom stereocenters. The number of hydrogen-bond donors (Lipinski definition) is 1. The Kier molecular flexibility index (Phi) is 2.98. The van der Waals surface area contributed by atoms with Crippen LogP contribution in [-0.4, -0.2) is 21.6 Å². The SMILES string of the molecule is COc1ccc(Cn2c(N)nc3cc(F)ccc32)cn1. The van der Waals surface area contributed by atoms with E-state index < -0.39 is 0 Å². The number of benzene rings is 1. The van der Waals surface area contributed by atoms with Crippen LogP contribution in [0.15, 0.2) is 36.5 Å². The summed E-state index contributed by atoms with van der Waals surface area (Å²) in [5, 5.41) is 0. The predicted molar refractivity (Wildman–Crippen MR) is 74.0 cm³/mol. The van der Waals surface area contributed by atoms with Crippen LogP contribution in [0, 0.1) is 5.82 Å². The van der Waals surface area contributed by atoms with Gasteiger partial charge in [0.2, 0.25) is 11.8 Å². The molecule has 0 unspecified atom stereocenters. The molecule has 0 saturated carbocycles. The van der Waals surface area contributed by atoms with Gasteiger partial charge in [0.25, 0.3) is 0 Å². The van der Waals surface area contributed by atoms with Crippen molar-refractivity contribution in [3.05, 3.63) is 47.9 Å². The number of nitrogens with zero attached hydrogens (tertiary/aromatic N) is 3. The number of fused-ring (bicyclic) bond motifs is 1. The Hall–Kier alpha value is -2.63. The number of aromatic nitrogens is 3. The van der Waals surface area contributed by atoms with Crippen molar-refractivity contribution in [3.63, 3.8) is 0 Å². The smallest absolute Gasteiger partial charge is 0.212 e. The molecule has 3 rings (SSSR count). The lowest BCUT2D eigenvalue weighted by molar-refractivity contribution is 0.397. The van der Waals surface area contributed by atoms with Crippen LogP contribution in [0.2, 0.25) is 0 Å². The van der Waals surface area contributed by atoms with E-state index in [2.05, 4.69) is 9.97 Å². The molecule has 2 heterocycles. The fourth-order valence-corrected chi connectivity index (χ4v) is 2.10. The predicted octanol–water partition coefficient (Wildman–Crippen LogP) is 2.21. The van der Waals surface area contributed by atoms with E-state index in [1.54, 1.807) is 25.4 Å². The topological polar surface area (TPSA) is 66.0 Å². The molecule has 3 aromatic rings. The number of methoxy groups -OCH3 is 1. The normalized spacial score (nSPS) is 10.9. The second kappa shape index (κ2) is 4.80. The number of anilines is 1. The zero-order valence-electron chi connectivity index (χ0n) is 10.9. The van der Waals surface area contributed by atoms with Gasteiger partial charge in [-0.2, -0.15) is 0 Å². The molecule has 2 aromatic heterocycles. The van der Waals surface area contributed by atoms with E-state index in [0.29, 0.717) is 23.9 Å². The molecule has 2 N–H and O–H groups in total. The third-order valence-corrected chi connectivity index (χ3v) is 3.09. The van der Waals surface area contributed by atoms with Gasteiger partial charge in [-0.1, -0.05) is 6.07 Å². The maximum Gasteiger partial charge on any atom is 0.212 e. The molecule has 1 aromatic carbocycles. The van der Waals surface area contributed by atoms with E-state index in [9.17, 15) is 4.39 Å². The Balaban J connectivity index is 1.99. The van der Waals surface area contributed by atoms with Crippen molar-refractivity contribution in [2.24, 2.45) is 0 Å². The highest BCUT2D eigenvalue weighted by Crippen LogP contribution is 2.20. The molecule has 0 bridgehead atoms. The van der Waals surface area contributed by atoms with Crippen LogP contribution in [0.1, 0.15) is 5.56 Å². The average molecular weight is 272 g/mol. The zero-order valence-corrected chi connectivity index (χ0v) is 10.9. The Morgan fingerprint density at radius 3 is 2.85 bits per heavy atom. The number of hydrogen-bond acceptors (Lipinski definition) is 4. The lowest BCUT2D eigenvalue weighted by Gasteiger charge is -2.07. The van der Waals surface area contributed by atoms with Gasteiger partial charge < -0.3 is 15.0 Å². The second-order valence-electron chi connectivity index (χ2n) is 4.40. The monoisotopic (exact) mass is 272 g/mol. The Morgan fingerprint density at radius 1 is 1.30 bits per heavy atom. The maximum absolute atomic E-state index is 13.2. The molecule has 5 nitrogen and oxygen atoms in total. The number of nitrogens with two attached hydrogens (primary N) is 1. The van der Waals surface area contributed by atoms with Gasteiger partial charge in [0.05, 0.1) is 24.7 Å². The molecular formula is C14H13FN4O. The number of halogens is 1. The first kappa shape index (κ1) is 12.4. The van der Waals surface area contributed by atoms with Crippen LogP contribution in [0.5, 0.6) is 5.88 Å². The quantitative estimate of drug-likeness (QED) is 0.794. The van der Waals surface area contributed by atoms with Crippen LogP contribution in [0.3, 0.4) is 0 Å². The Bertz CT molecular complexity index is 752. The first-order chi connectivity index (χ1) is 9.67. The lowest BCUT2D eigenvalue weighted by atomic mass is 10.2. The number of nitrogen functional groups attached to an aromatic ring is 1. The van der Waals surface area contributed by atoms with Crippen LogP contribution in [0.25, 0.3) is 11.0 Å². The van der Waals surface area contributed by atoms with E-state index in [1.165, 1.54) is 12.1 Å². The van der Waals surface area contributed by atoms with E-state index in [0.717, 1.165) is 11.1 Å². The van der Waals surface area contributed by atoms with E-state index in [1.807, 2.05) is 10.6 Å². The van der Waals surface area contributed by atoms with E-state index in [4.69, 9.17) is 10.5 Å². The fourth-order valence-electron chi connectivity index (χ4n) is 2.10. The third-order valence-electron chi connectivity index (χ3n) is 3.09. The summed E-state index contributed by atoms with van der Waals surface area (Å²) in [7, 11) is 1.57. The van der Waals surface area contributed by atoms with Gasteiger partial charge in [0.1, 0.15) is 5.82 Å². The molecule has 0 aliphatic rings. The van der Waals surface area contributed by atoms with Gasteiger partial charge in [0, 0.05) is 18.3 Å². The molecule has 0 aliphatic carbocycles. The first-order valence-electron chi connectivity index (χ1n) is 6.07. The van der Waals surface area contributed by atoms with E-state index >= 15 is 0 Å². The van der Waals surface area contributed by atoms with Crippen LogP contribution >= 0.6 is 0 Å². The van der Waals surface area contributed by atoms with Crippen molar-refractivity contribution in [1.29, 1.82) is 0 Å². The van der Waals surface area contributed by atoms with E-state index in [-0.39, 0.29) is 5.82 Å². The minimum absolute atomic E-state index is 0.326. The van der Waals surface area contributed by atoms with Crippen molar-refractivity contribution < 1.29 is 9.13 Å². The summed E-state index contributed by atoms with van der Waals surface area (Å²) in [5.74, 6) is 0.578. The number of ether oxygens (including phenoxy) is 1. The molecule has 0 saturated heterocycles. The summed E-state index contributed by atoms with van der Waals surface area (Å²) in [6.45, 7) is 0.519. The van der Waals surface area contributed by atoms with Gasteiger partial charge in [0.15, 0.2) is 0 Å². The molecule has 0 fully saturated rings. The molecule has 20 heavy (non-hydrogen) atoms. The molecule has 0 amide bonds. The van der Waals surface area contributed by atoms with Gasteiger partial charge in [-0.15, -0.1) is 0 Å². The molecule has 0 aliphatic heterocycles. The average Bonchev–Trinajstić information content (AvgIpc) is 2.75.